The molecule has 170 valence electrons. The van der Waals surface area contributed by atoms with Gasteiger partial charge in [-0.2, -0.15) is 0 Å². The number of benzene rings is 4. The van der Waals surface area contributed by atoms with E-state index in [1.807, 2.05) is 36.4 Å². The van der Waals surface area contributed by atoms with Crippen LogP contribution in [0.15, 0.2) is 84.9 Å². The minimum Gasteiger partial charge on any atom is -0.489 e. The van der Waals surface area contributed by atoms with Crippen molar-refractivity contribution in [2.45, 2.75) is 20.1 Å². The van der Waals surface area contributed by atoms with Crippen molar-refractivity contribution in [2.24, 2.45) is 0 Å². The maximum atomic E-state index is 6.24. The average Bonchev–Trinajstić information content (AvgIpc) is 3.26. The topological polar surface area (TPSA) is 34.2 Å². The van der Waals surface area contributed by atoms with Gasteiger partial charge < -0.3 is 10.1 Å². The number of ether oxygens (including phenoxy) is 1. The summed E-state index contributed by atoms with van der Waals surface area (Å²) in [5, 5.41) is 5.73. The predicted octanol–water partition coefficient (Wildman–Crippen LogP) is 8.77. The quantitative estimate of drug-likeness (QED) is 0.240. The molecule has 0 saturated heterocycles. The van der Waals surface area contributed by atoms with E-state index in [0.717, 1.165) is 38.7 Å². The molecule has 0 aliphatic rings. The van der Waals surface area contributed by atoms with Gasteiger partial charge >= 0.3 is 0 Å². The van der Waals surface area contributed by atoms with Gasteiger partial charge in [-0.1, -0.05) is 47.5 Å². The zero-order valence-electron chi connectivity index (χ0n) is 18.5. The van der Waals surface area contributed by atoms with Gasteiger partial charge in [-0.05, 0) is 78.7 Å². The molecule has 0 atom stereocenters. The van der Waals surface area contributed by atoms with Crippen molar-refractivity contribution in [3.05, 3.63) is 112 Å². The van der Waals surface area contributed by atoms with Gasteiger partial charge in [0.05, 0.1) is 10.2 Å². The van der Waals surface area contributed by atoms with E-state index < -0.39 is 0 Å². The highest BCUT2D eigenvalue weighted by atomic mass is 35.5. The molecule has 0 fully saturated rings. The van der Waals surface area contributed by atoms with Gasteiger partial charge in [0.25, 0.3) is 0 Å². The van der Waals surface area contributed by atoms with E-state index in [9.17, 15) is 0 Å². The monoisotopic (exact) mass is 504 g/mol. The standard InChI is InChI=1S/C28H22Cl2N2OS/c1-18-8-13-26-27(14-18)34-28(32-26)20-9-11-21(12-10-20)31-16-19-4-2-5-22(15-19)33-17-23-24(29)6-3-7-25(23)30/h2-15,31H,16-17H2,1H3. The molecule has 0 amide bonds. The summed E-state index contributed by atoms with van der Waals surface area (Å²) < 4.78 is 7.16. The van der Waals surface area contributed by atoms with Crippen LogP contribution in [-0.2, 0) is 13.2 Å². The largest absolute Gasteiger partial charge is 0.489 e. The van der Waals surface area contributed by atoms with E-state index in [1.54, 1.807) is 11.3 Å². The molecule has 4 aromatic carbocycles. The van der Waals surface area contributed by atoms with E-state index in [-0.39, 0.29) is 0 Å². The zero-order valence-corrected chi connectivity index (χ0v) is 20.8. The molecule has 3 nitrogen and oxygen atoms in total. The first-order chi connectivity index (χ1) is 16.5. The van der Waals surface area contributed by atoms with E-state index in [0.29, 0.717) is 23.2 Å². The summed E-state index contributed by atoms with van der Waals surface area (Å²) in [5.41, 5.74) is 6.38. The average molecular weight is 505 g/mol. The molecule has 0 bridgehead atoms. The SMILES string of the molecule is Cc1ccc2nc(-c3ccc(NCc4cccc(OCc5c(Cl)cccc5Cl)c4)cc3)sc2c1. The minimum atomic E-state index is 0.322. The summed E-state index contributed by atoms with van der Waals surface area (Å²) >= 11 is 14.2. The van der Waals surface area contributed by atoms with Gasteiger partial charge in [0, 0.05) is 33.4 Å². The molecular formula is C28H22Cl2N2OS. The molecule has 0 radical (unpaired) electrons. The number of aryl methyl sites for hydroxylation is 1. The first-order valence-electron chi connectivity index (χ1n) is 10.9. The zero-order chi connectivity index (χ0) is 23.5. The van der Waals surface area contributed by atoms with Crippen molar-refractivity contribution in [1.29, 1.82) is 0 Å². The van der Waals surface area contributed by atoms with Crippen LogP contribution in [0.1, 0.15) is 16.7 Å². The Hall–Kier alpha value is -3.05. The summed E-state index contributed by atoms with van der Waals surface area (Å²) in [6, 6.07) is 28.2. The van der Waals surface area contributed by atoms with Crippen molar-refractivity contribution in [1.82, 2.24) is 4.98 Å². The van der Waals surface area contributed by atoms with Crippen LogP contribution in [0, 0.1) is 6.92 Å². The minimum absolute atomic E-state index is 0.322. The highest BCUT2D eigenvalue weighted by Gasteiger charge is 2.08. The number of nitrogens with one attached hydrogen (secondary N) is 1. The highest BCUT2D eigenvalue weighted by molar-refractivity contribution is 7.21. The van der Waals surface area contributed by atoms with Crippen LogP contribution < -0.4 is 10.1 Å². The lowest BCUT2D eigenvalue weighted by Crippen LogP contribution is -2.01. The van der Waals surface area contributed by atoms with Crippen LogP contribution >= 0.6 is 34.5 Å². The molecule has 0 unspecified atom stereocenters. The fraction of sp³-hybridized carbons (Fsp3) is 0.107. The Bertz CT molecular complexity index is 1430. The number of aromatic nitrogens is 1. The fourth-order valence-corrected chi connectivity index (χ4v) is 5.24. The maximum Gasteiger partial charge on any atom is 0.124 e. The molecule has 0 spiro atoms. The number of nitrogens with zero attached hydrogens (tertiary/aromatic N) is 1. The number of hydrogen-bond acceptors (Lipinski definition) is 4. The Balaban J connectivity index is 1.22. The van der Waals surface area contributed by atoms with Crippen LogP contribution in [0.5, 0.6) is 5.75 Å². The van der Waals surface area contributed by atoms with Gasteiger partial charge in [-0.15, -0.1) is 11.3 Å². The molecule has 1 heterocycles. The smallest absolute Gasteiger partial charge is 0.124 e. The first kappa shape index (κ1) is 22.7. The van der Waals surface area contributed by atoms with E-state index in [1.165, 1.54) is 10.3 Å². The lowest BCUT2D eigenvalue weighted by molar-refractivity contribution is 0.306. The molecule has 0 aliphatic carbocycles. The third-order valence-electron chi connectivity index (χ3n) is 5.52. The molecule has 6 heteroatoms. The number of fused-ring (bicyclic) bond motifs is 1. The number of thiazole rings is 1. The second kappa shape index (κ2) is 10.1. The summed E-state index contributed by atoms with van der Waals surface area (Å²) in [5.74, 6) is 0.775. The molecule has 34 heavy (non-hydrogen) atoms. The van der Waals surface area contributed by atoms with Crippen molar-refractivity contribution in [3.63, 3.8) is 0 Å². The van der Waals surface area contributed by atoms with Crippen LogP contribution in [0.25, 0.3) is 20.8 Å². The number of rotatable bonds is 7. The predicted molar refractivity (Wildman–Crippen MR) is 144 cm³/mol. The Kier molecular flexibility index (Phi) is 6.73. The van der Waals surface area contributed by atoms with Gasteiger partial charge in [-0.3, -0.25) is 0 Å². The lowest BCUT2D eigenvalue weighted by Gasteiger charge is -2.11. The Morgan fingerprint density at radius 1 is 0.882 bits per heavy atom. The molecular weight excluding hydrogens is 483 g/mol. The van der Waals surface area contributed by atoms with Crippen molar-refractivity contribution >= 4 is 50.4 Å². The second-order valence-corrected chi connectivity index (χ2v) is 9.90. The Morgan fingerprint density at radius 3 is 2.44 bits per heavy atom. The first-order valence-corrected chi connectivity index (χ1v) is 12.5. The molecule has 5 aromatic rings. The molecule has 1 N–H and O–H groups in total. The Morgan fingerprint density at radius 2 is 1.65 bits per heavy atom. The van der Waals surface area contributed by atoms with Crippen molar-refractivity contribution in [3.8, 4) is 16.3 Å². The van der Waals surface area contributed by atoms with Crippen LogP contribution in [0.4, 0.5) is 5.69 Å². The molecule has 1 aromatic heterocycles. The van der Waals surface area contributed by atoms with Gasteiger partial charge in [0.15, 0.2) is 0 Å². The lowest BCUT2D eigenvalue weighted by atomic mass is 10.2. The van der Waals surface area contributed by atoms with E-state index >= 15 is 0 Å². The van der Waals surface area contributed by atoms with Crippen LogP contribution in [0.3, 0.4) is 0 Å². The van der Waals surface area contributed by atoms with Crippen LogP contribution in [0.2, 0.25) is 10.0 Å². The number of halogens is 2. The maximum absolute atomic E-state index is 6.24. The van der Waals surface area contributed by atoms with Gasteiger partial charge in [0.1, 0.15) is 17.4 Å². The van der Waals surface area contributed by atoms with Gasteiger partial charge in [0.2, 0.25) is 0 Å². The normalized spacial score (nSPS) is 11.0. The molecule has 0 aliphatic heterocycles. The second-order valence-electron chi connectivity index (χ2n) is 8.06. The fourth-order valence-electron chi connectivity index (χ4n) is 3.66. The summed E-state index contributed by atoms with van der Waals surface area (Å²) in [6.45, 7) is 3.11. The third kappa shape index (κ3) is 5.20. The molecule has 0 saturated carbocycles. The van der Waals surface area contributed by atoms with Crippen LogP contribution in [-0.4, -0.2) is 4.98 Å². The van der Waals surface area contributed by atoms with E-state index in [4.69, 9.17) is 32.9 Å². The van der Waals surface area contributed by atoms with Gasteiger partial charge in [-0.25, -0.2) is 4.98 Å². The molecule has 5 rings (SSSR count). The van der Waals surface area contributed by atoms with Crippen molar-refractivity contribution in [2.75, 3.05) is 5.32 Å². The Labute approximate surface area is 213 Å². The number of hydrogen-bond donors (Lipinski definition) is 1. The third-order valence-corrected chi connectivity index (χ3v) is 7.29. The number of anilines is 1. The summed E-state index contributed by atoms with van der Waals surface area (Å²) in [4.78, 5) is 4.77. The van der Waals surface area contributed by atoms with Crippen molar-refractivity contribution < 1.29 is 4.74 Å². The summed E-state index contributed by atoms with van der Waals surface area (Å²) in [6.07, 6.45) is 0. The highest BCUT2D eigenvalue weighted by Crippen LogP contribution is 2.31. The van der Waals surface area contributed by atoms with E-state index in [2.05, 4.69) is 60.8 Å². The summed E-state index contributed by atoms with van der Waals surface area (Å²) in [7, 11) is 0.